The normalized spacial score (nSPS) is 14.4. The summed E-state index contributed by atoms with van der Waals surface area (Å²) < 4.78 is 32.4. The van der Waals surface area contributed by atoms with Crippen molar-refractivity contribution in [3.8, 4) is 5.75 Å². The summed E-state index contributed by atoms with van der Waals surface area (Å²) in [4.78, 5) is 14.2. The Morgan fingerprint density at radius 1 is 1.21 bits per heavy atom. The Morgan fingerprint density at radius 2 is 1.92 bits per heavy atom. The van der Waals surface area contributed by atoms with Crippen molar-refractivity contribution in [1.29, 1.82) is 0 Å². The van der Waals surface area contributed by atoms with Gasteiger partial charge < -0.3 is 13.5 Å². The molecule has 6 nitrogen and oxygen atoms in total. The molecule has 0 spiro atoms. The molecular weight excluding hydrogens is 330 g/mol. The lowest BCUT2D eigenvalue weighted by atomic mass is 10.2. The summed E-state index contributed by atoms with van der Waals surface area (Å²) in [6, 6.07) is 10.3. The van der Waals surface area contributed by atoms with E-state index in [1.54, 1.807) is 41.5 Å². The van der Waals surface area contributed by atoms with E-state index in [1.807, 2.05) is 6.07 Å². The van der Waals surface area contributed by atoms with Crippen LogP contribution in [-0.4, -0.2) is 25.5 Å². The molecule has 0 bridgehead atoms. The van der Waals surface area contributed by atoms with Crippen molar-refractivity contribution in [2.45, 2.75) is 25.9 Å². The van der Waals surface area contributed by atoms with E-state index in [2.05, 4.69) is 0 Å². The number of hydrogen-bond donors (Lipinski definition) is 0. The van der Waals surface area contributed by atoms with E-state index in [1.165, 1.54) is 0 Å². The molecule has 1 heterocycles. The van der Waals surface area contributed by atoms with Gasteiger partial charge >= 0.3 is 10.1 Å². The largest absolute Gasteiger partial charge is 0.467 e. The fourth-order valence-electron chi connectivity index (χ4n) is 2.44. The van der Waals surface area contributed by atoms with Gasteiger partial charge in [-0.3, -0.25) is 4.79 Å². The van der Waals surface area contributed by atoms with E-state index in [0.717, 1.165) is 30.4 Å². The molecule has 0 saturated heterocycles. The average Bonchev–Trinajstić information content (AvgIpc) is 3.24. The zero-order chi connectivity index (χ0) is 17.2. The highest BCUT2D eigenvalue weighted by molar-refractivity contribution is 7.86. The lowest BCUT2D eigenvalue weighted by Gasteiger charge is -2.22. The SMILES string of the molecule is CS(=O)(=O)Oc1ccc(CN(Cc2ccco2)C(=O)C2CC2)cc1. The minimum absolute atomic E-state index is 0.118. The Kier molecular flexibility index (Phi) is 4.62. The summed E-state index contributed by atoms with van der Waals surface area (Å²) in [6.07, 6.45) is 4.47. The van der Waals surface area contributed by atoms with Crippen molar-refractivity contribution < 1.29 is 21.8 Å². The standard InChI is InChI=1S/C17H19NO5S/c1-24(20,21)23-15-8-4-13(5-9-15)11-18(17(19)14-6-7-14)12-16-3-2-10-22-16/h2-5,8-10,14H,6-7,11-12H2,1H3. The first-order chi connectivity index (χ1) is 11.4. The van der Waals surface area contributed by atoms with Crippen LogP contribution in [0.3, 0.4) is 0 Å². The van der Waals surface area contributed by atoms with Gasteiger partial charge in [0.05, 0.1) is 19.1 Å². The number of carbonyl (C=O) groups excluding carboxylic acids is 1. The van der Waals surface area contributed by atoms with Gasteiger partial charge in [0.1, 0.15) is 11.5 Å². The highest BCUT2D eigenvalue weighted by Crippen LogP contribution is 2.32. The predicted molar refractivity (Wildman–Crippen MR) is 87.6 cm³/mol. The maximum absolute atomic E-state index is 12.5. The second kappa shape index (κ2) is 6.68. The third kappa shape index (κ3) is 4.61. The fourth-order valence-corrected chi connectivity index (χ4v) is 2.90. The number of carbonyl (C=O) groups is 1. The summed E-state index contributed by atoms with van der Waals surface area (Å²) in [7, 11) is -3.54. The van der Waals surface area contributed by atoms with Crippen LogP contribution in [0.4, 0.5) is 0 Å². The number of benzene rings is 1. The highest BCUT2D eigenvalue weighted by Gasteiger charge is 2.33. The maximum Gasteiger partial charge on any atom is 0.306 e. The van der Waals surface area contributed by atoms with Gasteiger partial charge in [-0.05, 0) is 42.7 Å². The lowest BCUT2D eigenvalue weighted by molar-refractivity contribution is -0.134. The van der Waals surface area contributed by atoms with Crippen LogP contribution in [0.25, 0.3) is 0 Å². The third-order valence-electron chi connectivity index (χ3n) is 3.71. The molecule has 0 aliphatic heterocycles. The molecule has 1 aliphatic rings. The Labute approximate surface area is 141 Å². The van der Waals surface area contributed by atoms with Crippen LogP contribution in [0.1, 0.15) is 24.2 Å². The van der Waals surface area contributed by atoms with Crippen LogP contribution in [0, 0.1) is 5.92 Å². The molecule has 3 rings (SSSR count). The van der Waals surface area contributed by atoms with Gasteiger partial charge in [0.2, 0.25) is 5.91 Å². The molecule has 7 heteroatoms. The summed E-state index contributed by atoms with van der Waals surface area (Å²) >= 11 is 0. The zero-order valence-corrected chi connectivity index (χ0v) is 14.2. The first-order valence-electron chi connectivity index (χ1n) is 7.70. The Balaban J connectivity index is 1.70. The van der Waals surface area contributed by atoms with Gasteiger partial charge in [-0.25, -0.2) is 0 Å². The minimum Gasteiger partial charge on any atom is -0.467 e. The van der Waals surface area contributed by atoms with Gasteiger partial charge in [0.25, 0.3) is 0 Å². The molecule has 128 valence electrons. The molecule has 1 aromatic carbocycles. The summed E-state index contributed by atoms with van der Waals surface area (Å²) in [5, 5.41) is 0. The van der Waals surface area contributed by atoms with Crippen LogP contribution in [-0.2, 0) is 28.0 Å². The topological polar surface area (TPSA) is 76.8 Å². The second-order valence-corrected chi connectivity index (χ2v) is 7.55. The molecule has 1 saturated carbocycles. The van der Waals surface area contributed by atoms with E-state index >= 15 is 0 Å². The Bertz CT molecular complexity index is 792. The Hall–Kier alpha value is -2.28. The first kappa shape index (κ1) is 16.6. The van der Waals surface area contributed by atoms with Crippen molar-refractivity contribution in [2.75, 3.05) is 6.26 Å². The molecule has 1 aliphatic carbocycles. The minimum atomic E-state index is -3.54. The number of furan rings is 1. The van der Waals surface area contributed by atoms with Crippen molar-refractivity contribution >= 4 is 16.0 Å². The van der Waals surface area contributed by atoms with Crippen molar-refractivity contribution in [1.82, 2.24) is 4.90 Å². The number of rotatable bonds is 7. The van der Waals surface area contributed by atoms with Crippen LogP contribution >= 0.6 is 0 Å². The molecule has 0 atom stereocenters. The summed E-state index contributed by atoms with van der Waals surface area (Å²) in [5.74, 6) is 1.24. The van der Waals surface area contributed by atoms with Gasteiger partial charge in [-0.15, -0.1) is 0 Å². The molecule has 1 amide bonds. The Morgan fingerprint density at radius 3 is 2.46 bits per heavy atom. The number of hydrogen-bond acceptors (Lipinski definition) is 5. The highest BCUT2D eigenvalue weighted by atomic mass is 32.2. The summed E-state index contributed by atoms with van der Waals surface area (Å²) in [6.45, 7) is 0.860. The maximum atomic E-state index is 12.5. The quantitative estimate of drug-likeness (QED) is 0.718. The van der Waals surface area contributed by atoms with Crippen molar-refractivity contribution in [2.24, 2.45) is 5.92 Å². The van der Waals surface area contributed by atoms with Crippen LogP contribution < -0.4 is 4.18 Å². The zero-order valence-electron chi connectivity index (χ0n) is 13.3. The van der Waals surface area contributed by atoms with E-state index < -0.39 is 10.1 Å². The number of amides is 1. The van der Waals surface area contributed by atoms with Gasteiger partial charge in [0.15, 0.2) is 0 Å². The molecule has 0 N–H and O–H groups in total. The smallest absolute Gasteiger partial charge is 0.306 e. The van der Waals surface area contributed by atoms with Crippen molar-refractivity contribution in [3.05, 3.63) is 54.0 Å². The monoisotopic (exact) mass is 349 g/mol. The number of nitrogens with zero attached hydrogens (tertiary/aromatic N) is 1. The van der Waals surface area contributed by atoms with Crippen LogP contribution in [0.2, 0.25) is 0 Å². The summed E-state index contributed by atoms with van der Waals surface area (Å²) in [5.41, 5.74) is 0.899. The molecule has 1 aromatic heterocycles. The van der Waals surface area contributed by atoms with E-state index in [9.17, 15) is 13.2 Å². The average molecular weight is 349 g/mol. The first-order valence-corrected chi connectivity index (χ1v) is 9.52. The van der Waals surface area contributed by atoms with Crippen LogP contribution in [0.15, 0.2) is 47.1 Å². The van der Waals surface area contributed by atoms with Gasteiger partial charge in [-0.1, -0.05) is 12.1 Å². The van der Waals surface area contributed by atoms with E-state index in [-0.39, 0.29) is 17.6 Å². The lowest BCUT2D eigenvalue weighted by Crippen LogP contribution is -2.31. The molecule has 2 aromatic rings. The molecule has 0 radical (unpaired) electrons. The van der Waals surface area contributed by atoms with E-state index in [4.69, 9.17) is 8.60 Å². The predicted octanol–water partition coefficient (Wildman–Crippen LogP) is 2.56. The van der Waals surface area contributed by atoms with Crippen LogP contribution in [0.5, 0.6) is 5.75 Å². The van der Waals surface area contributed by atoms with Gasteiger partial charge in [0, 0.05) is 12.5 Å². The molecule has 24 heavy (non-hydrogen) atoms. The van der Waals surface area contributed by atoms with Gasteiger partial charge in [-0.2, -0.15) is 8.42 Å². The van der Waals surface area contributed by atoms with E-state index in [0.29, 0.717) is 13.1 Å². The molecule has 0 unspecified atom stereocenters. The molecule has 1 fully saturated rings. The van der Waals surface area contributed by atoms with Crippen molar-refractivity contribution in [3.63, 3.8) is 0 Å². The molecular formula is C17H19NO5S. The second-order valence-electron chi connectivity index (χ2n) is 5.98. The fraction of sp³-hybridized carbons (Fsp3) is 0.353. The third-order valence-corrected chi connectivity index (χ3v) is 4.20.